The zero-order valence-corrected chi connectivity index (χ0v) is 32.4. The number of ether oxygens (including phenoxy) is 3. The molecule has 284 valence electrons. The summed E-state index contributed by atoms with van der Waals surface area (Å²) in [5.41, 5.74) is 4.54. The Labute approximate surface area is 317 Å². The summed E-state index contributed by atoms with van der Waals surface area (Å²) in [6, 6.07) is 26.9. The van der Waals surface area contributed by atoms with E-state index in [-0.39, 0.29) is 11.6 Å². The smallest absolute Gasteiger partial charge is 0.129 e. The van der Waals surface area contributed by atoms with E-state index in [1.807, 2.05) is 60.7 Å². The Morgan fingerprint density at radius 1 is 0.528 bits per heavy atom. The first kappa shape index (κ1) is 39.0. The van der Waals surface area contributed by atoms with Gasteiger partial charge in [-0.25, -0.2) is 8.78 Å². The maximum atomic E-state index is 16.5. The van der Waals surface area contributed by atoms with Crippen molar-refractivity contribution in [3.63, 3.8) is 0 Å². The minimum atomic E-state index is -0.801. The lowest BCUT2D eigenvalue weighted by Gasteiger charge is -2.30. The fourth-order valence-corrected chi connectivity index (χ4v) is 8.15. The molecule has 3 nitrogen and oxygen atoms in total. The van der Waals surface area contributed by atoms with Gasteiger partial charge in [-0.3, -0.25) is 0 Å². The summed E-state index contributed by atoms with van der Waals surface area (Å²) >= 11 is 0. The predicted molar refractivity (Wildman–Crippen MR) is 212 cm³/mol. The Kier molecular flexibility index (Phi) is 14.0. The average molecular weight is 723 g/mol. The first-order valence-electron chi connectivity index (χ1n) is 20.5. The molecule has 4 aromatic carbocycles. The van der Waals surface area contributed by atoms with Crippen LogP contribution in [0.5, 0.6) is 11.5 Å². The lowest BCUT2D eigenvalue weighted by atomic mass is 9.79. The Balaban J connectivity index is 1.37. The quantitative estimate of drug-likeness (QED) is 0.108. The Morgan fingerprint density at radius 3 is 1.25 bits per heavy atom. The molecule has 0 saturated heterocycles. The van der Waals surface area contributed by atoms with Crippen LogP contribution in [0.4, 0.5) is 8.78 Å². The van der Waals surface area contributed by atoms with Crippen molar-refractivity contribution in [3.05, 3.63) is 130 Å². The van der Waals surface area contributed by atoms with Crippen molar-refractivity contribution in [2.45, 2.75) is 129 Å². The van der Waals surface area contributed by atoms with E-state index in [4.69, 9.17) is 14.2 Å². The maximum absolute atomic E-state index is 16.5. The molecule has 6 rings (SSSR count). The molecule has 0 amide bonds. The van der Waals surface area contributed by atoms with Gasteiger partial charge in [0.1, 0.15) is 35.3 Å². The molecule has 2 aliphatic carbocycles. The summed E-state index contributed by atoms with van der Waals surface area (Å²) in [7, 11) is 0. The molecule has 2 atom stereocenters. The first-order valence-corrected chi connectivity index (χ1v) is 20.5. The number of halogens is 2. The molecule has 5 heteroatoms. The van der Waals surface area contributed by atoms with Gasteiger partial charge in [0.25, 0.3) is 0 Å². The summed E-state index contributed by atoms with van der Waals surface area (Å²) in [6.45, 7) is 10.2. The summed E-state index contributed by atoms with van der Waals surface area (Å²) in [5.74, 6) is 3.09. The van der Waals surface area contributed by atoms with Gasteiger partial charge in [-0.15, -0.1) is 0 Å². The highest BCUT2D eigenvalue weighted by Gasteiger charge is 2.30. The van der Waals surface area contributed by atoms with Gasteiger partial charge in [-0.2, -0.15) is 0 Å². The molecule has 0 aromatic heterocycles. The van der Waals surface area contributed by atoms with Gasteiger partial charge in [0, 0.05) is 11.1 Å². The van der Waals surface area contributed by atoms with E-state index >= 15 is 8.78 Å². The van der Waals surface area contributed by atoms with Gasteiger partial charge in [0.05, 0.1) is 13.2 Å². The largest absolute Gasteiger partial charge is 0.494 e. The molecule has 2 saturated carbocycles. The van der Waals surface area contributed by atoms with Crippen molar-refractivity contribution in [1.82, 2.24) is 0 Å². The SMILES string of the molecule is CCCCOc1ccc(C(OC(c2ccc(OCCCC)cc2)c2ccc([C@H]3CC[C@H](C)CC3)cc2F)c2ccc([C@H]3CC[C@H](C)CC3)cc2F)cc1. The monoisotopic (exact) mass is 722 g/mol. The second kappa shape index (κ2) is 19.1. The molecular weight excluding hydrogens is 663 g/mol. The zero-order valence-electron chi connectivity index (χ0n) is 32.4. The number of hydrogen-bond acceptors (Lipinski definition) is 3. The van der Waals surface area contributed by atoms with Crippen LogP contribution in [0.2, 0.25) is 0 Å². The zero-order chi connectivity index (χ0) is 37.2. The molecule has 2 unspecified atom stereocenters. The fraction of sp³-hybridized carbons (Fsp3) is 0.500. The van der Waals surface area contributed by atoms with E-state index in [2.05, 4.69) is 39.8 Å². The summed E-state index contributed by atoms with van der Waals surface area (Å²) in [6.07, 6.45) is 11.4. The molecule has 53 heavy (non-hydrogen) atoms. The van der Waals surface area contributed by atoms with Gasteiger partial charge in [-0.1, -0.05) is 115 Å². The Morgan fingerprint density at radius 2 is 0.906 bits per heavy atom. The summed E-state index contributed by atoms with van der Waals surface area (Å²) < 4.78 is 52.1. The van der Waals surface area contributed by atoms with Crippen molar-refractivity contribution >= 4 is 0 Å². The van der Waals surface area contributed by atoms with Crippen LogP contribution in [-0.2, 0) is 4.74 Å². The van der Waals surface area contributed by atoms with Crippen molar-refractivity contribution in [1.29, 1.82) is 0 Å². The van der Waals surface area contributed by atoms with Gasteiger partial charge in [0.2, 0.25) is 0 Å². The highest BCUT2D eigenvalue weighted by molar-refractivity contribution is 5.40. The lowest BCUT2D eigenvalue weighted by molar-refractivity contribution is 0.0269. The third kappa shape index (κ3) is 10.3. The van der Waals surface area contributed by atoms with Gasteiger partial charge < -0.3 is 14.2 Å². The standard InChI is InChI=1S/C48H60F2O3/c1-5-7-29-51-41-23-17-37(18-24-41)47(43-27-21-39(31-45(43)49)35-13-9-33(3)10-14-35)53-48(38-19-25-42(26-20-38)52-30-8-6-2)44-28-22-40(32-46(44)50)36-15-11-34(4)12-16-36/h17-28,31-36,47-48H,5-16,29-30H2,1-4H3/t33-,34-,35-,36-,47?,48?. The van der Waals surface area contributed by atoms with Crippen molar-refractivity contribution < 1.29 is 23.0 Å². The van der Waals surface area contributed by atoms with Crippen molar-refractivity contribution in [3.8, 4) is 11.5 Å². The topological polar surface area (TPSA) is 27.7 Å². The molecular formula is C48H60F2O3. The first-order chi connectivity index (χ1) is 25.8. The Bertz CT molecular complexity index is 1580. The second-order valence-electron chi connectivity index (χ2n) is 15.9. The van der Waals surface area contributed by atoms with Crippen LogP contribution in [0.1, 0.15) is 162 Å². The second-order valence-corrected chi connectivity index (χ2v) is 15.9. The van der Waals surface area contributed by atoms with Gasteiger partial charge >= 0.3 is 0 Å². The molecule has 0 bridgehead atoms. The molecule has 0 aliphatic heterocycles. The van der Waals surface area contributed by atoms with Crippen LogP contribution in [0.3, 0.4) is 0 Å². The molecule has 0 N–H and O–H groups in total. The third-order valence-electron chi connectivity index (χ3n) is 11.8. The van der Waals surface area contributed by atoms with E-state index < -0.39 is 12.2 Å². The van der Waals surface area contributed by atoms with Crippen LogP contribution < -0.4 is 9.47 Å². The maximum Gasteiger partial charge on any atom is 0.129 e. The number of benzene rings is 4. The normalized spacial score (nSPS) is 21.5. The Hall–Kier alpha value is -3.70. The van der Waals surface area contributed by atoms with Crippen molar-refractivity contribution in [2.75, 3.05) is 13.2 Å². The summed E-state index contributed by atoms with van der Waals surface area (Å²) in [4.78, 5) is 0. The molecule has 0 radical (unpaired) electrons. The van der Waals surface area contributed by atoms with Gasteiger partial charge in [0.15, 0.2) is 0 Å². The minimum Gasteiger partial charge on any atom is -0.494 e. The van der Waals surface area contributed by atoms with Crippen molar-refractivity contribution in [2.24, 2.45) is 11.8 Å². The van der Waals surface area contributed by atoms with Crippen LogP contribution in [0.25, 0.3) is 0 Å². The molecule has 0 spiro atoms. The average Bonchev–Trinajstić information content (AvgIpc) is 3.17. The molecule has 2 fully saturated rings. The van der Waals surface area contributed by atoms with Crippen LogP contribution >= 0.6 is 0 Å². The van der Waals surface area contributed by atoms with E-state index in [1.165, 1.54) is 25.7 Å². The number of unbranched alkanes of at least 4 members (excludes halogenated alkanes) is 2. The highest BCUT2D eigenvalue weighted by atomic mass is 19.1. The van der Waals surface area contributed by atoms with E-state index in [9.17, 15) is 0 Å². The van der Waals surface area contributed by atoms with Gasteiger partial charge in [-0.05, 0) is 121 Å². The van der Waals surface area contributed by atoms with E-state index in [0.717, 1.165) is 97.0 Å². The van der Waals surface area contributed by atoms with E-state index in [0.29, 0.717) is 36.2 Å². The summed E-state index contributed by atoms with van der Waals surface area (Å²) in [5, 5.41) is 0. The predicted octanol–water partition coefficient (Wildman–Crippen LogP) is 13.8. The van der Waals surface area contributed by atoms with Crippen LogP contribution in [0, 0.1) is 23.5 Å². The minimum absolute atomic E-state index is 0.296. The molecule has 0 heterocycles. The lowest BCUT2D eigenvalue weighted by Crippen LogP contribution is -2.17. The third-order valence-corrected chi connectivity index (χ3v) is 11.8. The molecule has 2 aliphatic rings. The number of hydrogen-bond donors (Lipinski definition) is 0. The van der Waals surface area contributed by atoms with Crippen LogP contribution in [-0.4, -0.2) is 13.2 Å². The van der Waals surface area contributed by atoms with Crippen LogP contribution in [0.15, 0.2) is 84.9 Å². The number of rotatable bonds is 16. The fourth-order valence-electron chi connectivity index (χ4n) is 8.15. The molecule has 4 aromatic rings. The highest BCUT2D eigenvalue weighted by Crippen LogP contribution is 2.42. The van der Waals surface area contributed by atoms with E-state index in [1.54, 1.807) is 12.1 Å².